The Morgan fingerprint density at radius 3 is 2.35 bits per heavy atom. The number of carbonyl (C=O) groups excluding carboxylic acids is 1. The van der Waals surface area contributed by atoms with Gasteiger partial charge in [0.15, 0.2) is 0 Å². The van der Waals surface area contributed by atoms with Crippen molar-refractivity contribution in [3.8, 4) is 17.2 Å². The van der Waals surface area contributed by atoms with Crippen molar-refractivity contribution < 1.29 is 18.0 Å². The van der Waals surface area contributed by atoms with Crippen LogP contribution in [-0.4, -0.2) is 42.0 Å². The van der Waals surface area contributed by atoms with Gasteiger partial charge in [-0.1, -0.05) is 42.5 Å². The zero-order chi connectivity index (χ0) is 28.1. The van der Waals surface area contributed by atoms with Crippen molar-refractivity contribution >= 4 is 17.4 Å². The van der Waals surface area contributed by atoms with Crippen LogP contribution in [0.15, 0.2) is 91.1 Å². The van der Waals surface area contributed by atoms with Crippen molar-refractivity contribution in [3.05, 3.63) is 113 Å². The molecule has 2 heterocycles. The highest BCUT2D eigenvalue weighted by atomic mass is 19.4. The number of anilines is 2. The summed E-state index contributed by atoms with van der Waals surface area (Å²) >= 11 is 0. The molecule has 202 valence electrons. The minimum absolute atomic E-state index is 0.350. The lowest BCUT2D eigenvalue weighted by Crippen LogP contribution is -2.46. The third kappa shape index (κ3) is 6.30. The van der Waals surface area contributed by atoms with Crippen LogP contribution in [0.2, 0.25) is 0 Å². The summed E-state index contributed by atoms with van der Waals surface area (Å²) in [5, 5.41) is 12.0. The van der Waals surface area contributed by atoms with Gasteiger partial charge in [0.2, 0.25) is 0 Å². The van der Waals surface area contributed by atoms with Crippen molar-refractivity contribution in [1.82, 2.24) is 9.88 Å². The summed E-state index contributed by atoms with van der Waals surface area (Å²) in [6.45, 7) is 4.11. The fourth-order valence-corrected chi connectivity index (χ4v) is 4.75. The number of halogens is 3. The second-order valence-corrected chi connectivity index (χ2v) is 9.56. The lowest BCUT2D eigenvalue weighted by molar-refractivity contribution is -0.137. The van der Waals surface area contributed by atoms with Crippen LogP contribution in [0.4, 0.5) is 24.7 Å². The molecular weight excluding hydrogens is 515 g/mol. The highest BCUT2D eigenvalue weighted by Crippen LogP contribution is 2.32. The van der Waals surface area contributed by atoms with Gasteiger partial charge in [0.05, 0.1) is 29.1 Å². The fourth-order valence-electron chi connectivity index (χ4n) is 4.75. The monoisotopic (exact) mass is 541 g/mol. The first kappa shape index (κ1) is 26.9. The Balaban J connectivity index is 1.20. The van der Waals surface area contributed by atoms with Gasteiger partial charge >= 0.3 is 6.18 Å². The molecule has 0 saturated carbocycles. The molecule has 40 heavy (non-hydrogen) atoms. The van der Waals surface area contributed by atoms with Crippen LogP contribution in [0.25, 0.3) is 11.1 Å². The number of alkyl halides is 3. The van der Waals surface area contributed by atoms with Gasteiger partial charge in [-0.3, -0.25) is 9.69 Å². The number of nitrogens with zero attached hydrogens (tertiary/aromatic N) is 4. The zero-order valence-corrected chi connectivity index (χ0v) is 21.5. The number of pyridine rings is 1. The van der Waals surface area contributed by atoms with Gasteiger partial charge in [0.25, 0.3) is 5.91 Å². The molecular formula is C31H26F3N5O. The number of aromatic nitrogens is 1. The maximum atomic E-state index is 13.1. The van der Waals surface area contributed by atoms with Gasteiger partial charge in [-0.15, -0.1) is 0 Å². The second-order valence-electron chi connectivity index (χ2n) is 9.56. The van der Waals surface area contributed by atoms with Crippen molar-refractivity contribution in [3.63, 3.8) is 0 Å². The number of piperazine rings is 1. The van der Waals surface area contributed by atoms with E-state index in [4.69, 9.17) is 5.26 Å². The molecule has 0 radical (unpaired) electrons. The molecule has 6 nitrogen and oxygen atoms in total. The molecule has 0 spiro atoms. The number of carbonyl (C=O) groups is 1. The Morgan fingerprint density at radius 1 is 0.925 bits per heavy atom. The first-order valence-electron chi connectivity index (χ1n) is 12.8. The highest BCUT2D eigenvalue weighted by molar-refractivity contribution is 6.08. The molecule has 0 aliphatic carbocycles. The minimum Gasteiger partial charge on any atom is -0.354 e. The summed E-state index contributed by atoms with van der Waals surface area (Å²) in [7, 11) is 0. The summed E-state index contributed by atoms with van der Waals surface area (Å²) in [4.78, 5) is 22.2. The van der Waals surface area contributed by atoms with Gasteiger partial charge in [0.1, 0.15) is 5.82 Å². The number of amides is 1. The molecule has 1 amide bonds. The number of rotatable bonds is 6. The van der Waals surface area contributed by atoms with Crippen molar-refractivity contribution in [2.75, 3.05) is 36.4 Å². The summed E-state index contributed by atoms with van der Waals surface area (Å²) in [5.41, 5.74) is 2.96. The van der Waals surface area contributed by atoms with Crippen LogP contribution >= 0.6 is 0 Å². The largest absolute Gasteiger partial charge is 0.416 e. The number of hydrogen-bond donors (Lipinski definition) is 1. The molecule has 1 fully saturated rings. The number of benzene rings is 3. The topological polar surface area (TPSA) is 72.3 Å². The van der Waals surface area contributed by atoms with Gasteiger partial charge in [-0.05, 0) is 59.2 Å². The number of hydrogen-bond acceptors (Lipinski definition) is 5. The Hall–Kier alpha value is -4.68. The second kappa shape index (κ2) is 11.6. The van der Waals surface area contributed by atoms with Crippen LogP contribution in [0.1, 0.15) is 27.0 Å². The maximum absolute atomic E-state index is 13.1. The molecule has 1 aromatic heterocycles. The van der Waals surface area contributed by atoms with E-state index >= 15 is 0 Å². The van der Waals surface area contributed by atoms with E-state index in [9.17, 15) is 18.0 Å². The van der Waals surface area contributed by atoms with Crippen LogP contribution < -0.4 is 10.2 Å². The predicted octanol–water partition coefficient (Wildman–Crippen LogP) is 6.21. The number of nitrogens with one attached hydrogen (secondary N) is 1. The van der Waals surface area contributed by atoms with E-state index in [0.29, 0.717) is 27.9 Å². The van der Waals surface area contributed by atoms with Crippen molar-refractivity contribution in [1.29, 1.82) is 5.26 Å². The van der Waals surface area contributed by atoms with E-state index in [1.54, 1.807) is 42.6 Å². The first-order valence-corrected chi connectivity index (χ1v) is 12.8. The predicted molar refractivity (Wildman–Crippen MR) is 148 cm³/mol. The average molecular weight is 542 g/mol. The third-order valence-corrected chi connectivity index (χ3v) is 6.86. The smallest absolute Gasteiger partial charge is 0.354 e. The zero-order valence-electron chi connectivity index (χ0n) is 21.5. The van der Waals surface area contributed by atoms with Gasteiger partial charge in [-0.2, -0.15) is 18.4 Å². The molecule has 5 rings (SSSR count). The Bertz CT molecular complexity index is 1520. The summed E-state index contributed by atoms with van der Waals surface area (Å²) in [6.07, 6.45) is -2.82. The van der Waals surface area contributed by atoms with E-state index in [0.717, 1.165) is 56.2 Å². The molecule has 1 aliphatic heterocycles. The minimum atomic E-state index is -4.42. The quantitative estimate of drug-likeness (QED) is 0.314. The maximum Gasteiger partial charge on any atom is 0.416 e. The van der Waals surface area contributed by atoms with E-state index < -0.39 is 11.7 Å². The Kier molecular flexibility index (Phi) is 7.80. The van der Waals surface area contributed by atoms with Gasteiger partial charge < -0.3 is 10.2 Å². The third-order valence-electron chi connectivity index (χ3n) is 6.86. The van der Waals surface area contributed by atoms with Crippen molar-refractivity contribution in [2.45, 2.75) is 12.7 Å². The molecule has 0 atom stereocenters. The molecule has 1 saturated heterocycles. The first-order chi connectivity index (χ1) is 19.3. The lowest BCUT2D eigenvalue weighted by atomic mass is 9.98. The molecule has 1 aliphatic rings. The SMILES string of the molecule is N#Cc1cccc(CN2CCN(c3ccc(NC(=O)c4ccccc4-c4ccc(C(F)(F)F)cc4)cn3)CC2)c1. The Morgan fingerprint density at radius 2 is 1.68 bits per heavy atom. The summed E-state index contributed by atoms with van der Waals surface area (Å²) in [5.74, 6) is 0.438. The molecule has 0 unspecified atom stereocenters. The Labute approximate surface area is 230 Å². The van der Waals surface area contributed by atoms with Crippen LogP contribution in [0, 0.1) is 11.3 Å². The normalized spacial score (nSPS) is 14.0. The standard InChI is InChI=1S/C31H26F3N5O/c32-31(33,34)25-10-8-24(9-11-25)27-6-1-2-7-28(27)30(40)37-26-12-13-29(36-20-26)39-16-14-38(15-17-39)21-23-5-3-4-22(18-23)19-35/h1-13,18,20H,14-17,21H2,(H,37,40). The summed E-state index contributed by atoms with van der Waals surface area (Å²) < 4.78 is 38.9. The van der Waals surface area contributed by atoms with E-state index in [2.05, 4.69) is 26.2 Å². The highest BCUT2D eigenvalue weighted by Gasteiger charge is 2.30. The molecule has 9 heteroatoms. The van der Waals surface area contributed by atoms with Crippen molar-refractivity contribution in [2.24, 2.45) is 0 Å². The van der Waals surface area contributed by atoms with E-state index in [1.165, 1.54) is 12.1 Å². The lowest BCUT2D eigenvalue weighted by Gasteiger charge is -2.35. The average Bonchev–Trinajstić information content (AvgIpc) is 2.98. The summed E-state index contributed by atoms with van der Waals surface area (Å²) in [6, 6.07) is 25.1. The van der Waals surface area contributed by atoms with Gasteiger partial charge in [-0.25, -0.2) is 4.98 Å². The number of nitriles is 1. The molecule has 3 aromatic carbocycles. The van der Waals surface area contributed by atoms with Gasteiger partial charge in [0, 0.05) is 38.3 Å². The van der Waals surface area contributed by atoms with Crippen LogP contribution in [-0.2, 0) is 12.7 Å². The van der Waals surface area contributed by atoms with Crippen LogP contribution in [0.3, 0.4) is 0 Å². The molecule has 1 N–H and O–H groups in total. The fraction of sp³-hybridized carbons (Fsp3) is 0.194. The van der Waals surface area contributed by atoms with E-state index in [1.807, 2.05) is 24.3 Å². The van der Waals surface area contributed by atoms with E-state index in [-0.39, 0.29) is 5.91 Å². The molecule has 0 bridgehead atoms. The van der Waals surface area contributed by atoms with Crippen LogP contribution in [0.5, 0.6) is 0 Å². The molecule has 4 aromatic rings.